The number of benzene rings is 1. The molecule has 1 aliphatic rings. The molecule has 0 bridgehead atoms. The summed E-state index contributed by atoms with van der Waals surface area (Å²) in [4.78, 5) is 0. The van der Waals surface area contributed by atoms with E-state index in [2.05, 4.69) is 0 Å². The molecule has 0 radical (unpaired) electrons. The van der Waals surface area contributed by atoms with Crippen LogP contribution in [0.25, 0.3) is 0 Å². The van der Waals surface area contributed by atoms with E-state index in [9.17, 15) is 4.39 Å². The maximum atomic E-state index is 13.0. The summed E-state index contributed by atoms with van der Waals surface area (Å²) in [6.45, 7) is 2.46. The Morgan fingerprint density at radius 2 is 2.31 bits per heavy atom. The maximum Gasteiger partial charge on any atom is 0.127 e. The third kappa shape index (κ3) is 1.40. The van der Waals surface area contributed by atoms with E-state index >= 15 is 0 Å². The molecule has 1 unspecified atom stereocenters. The summed E-state index contributed by atoms with van der Waals surface area (Å²) in [5.41, 5.74) is 7.46. The van der Waals surface area contributed by atoms with Crippen molar-refractivity contribution in [1.29, 1.82) is 0 Å². The van der Waals surface area contributed by atoms with Crippen molar-refractivity contribution in [3.05, 3.63) is 29.1 Å². The molecule has 1 aromatic carbocycles. The monoisotopic (exact) mass is 181 g/mol. The number of hydrogen-bond acceptors (Lipinski definition) is 2. The fourth-order valence-corrected chi connectivity index (χ4v) is 1.67. The first-order chi connectivity index (χ1) is 6.18. The SMILES string of the molecule is Cc1cc(F)cc2c1OCCC2N. The van der Waals surface area contributed by atoms with Gasteiger partial charge in [-0.1, -0.05) is 0 Å². The van der Waals surface area contributed by atoms with E-state index in [1.807, 2.05) is 6.92 Å². The lowest BCUT2D eigenvalue weighted by molar-refractivity contribution is 0.266. The van der Waals surface area contributed by atoms with Crippen LogP contribution in [0.1, 0.15) is 23.6 Å². The van der Waals surface area contributed by atoms with Gasteiger partial charge in [0.1, 0.15) is 11.6 Å². The predicted molar refractivity (Wildman–Crippen MR) is 48.2 cm³/mol. The fraction of sp³-hybridized carbons (Fsp3) is 0.400. The molecule has 1 heterocycles. The summed E-state index contributed by atoms with van der Waals surface area (Å²) in [5.74, 6) is 0.525. The van der Waals surface area contributed by atoms with Crippen LogP contribution in [0, 0.1) is 12.7 Å². The molecular formula is C10H12FNO. The number of halogens is 1. The van der Waals surface area contributed by atoms with Crippen molar-refractivity contribution in [3.63, 3.8) is 0 Å². The van der Waals surface area contributed by atoms with Crippen LogP contribution < -0.4 is 10.5 Å². The smallest absolute Gasteiger partial charge is 0.127 e. The lowest BCUT2D eigenvalue weighted by Gasteiger charge is -2.24. The van der Waals surface area contributed by atoms with Gasteiger partial charge in [0.2, 0.25) is 0 Å². The van der Waals surface area contributed by atoms with E-state index < -0.39 is 0 Å². The zero-order chi connectivity index (χ0) is 9.42. The molecule has 0 amide bonds. The second-order valence-corrected chi connectivity index (χ2v) is 3.38. The van der Waals surface area contributed by atoms with Gasteiger partial charge in [-0.3, -0.25) is 0 Å². The number of nitrogens with two attached hydrogens (primary N) is 1. The first kappa shape index (κ1) is 8.51. The molecule has 2 rings (SSSR count). The van der Waals surface area contributed by atoms with Crippen molar-refractivity contribution in [2.75, 3.05) is 6.61 Å². The molecule has 0 saturated carbocycles. The van der Waals surface area contributed by atoms with Crippen molar-refractivity contribution in [1.82, 2.24) is 0 Å². The zero-order valence-corrected chi connectivity index (χ0v) is 7.51. The molecule has 2 N–H and O–H groups in total. The number of fused-ring (bicyclic) bond motifs is 1. The van der Waals surface area contributed by atoms with Crippen molar-refractivity contribution in [2.45, 2.75) is 19.4 Å². The molecule has 1 atom stereocenters. The Balaban J connectivity index is 2.56. The molecule has 13 heavy (non-hydrogen) atoms. The van der Waals surface area contributed by atoms with Gasteiger partial charge in [0.05, 0.1) is 6.61 Å². The topological polar surface area (TPSA) is 35.2 Å². The van der Waals surface area contributed by atoms with Crippen LogP contribution in [0.3, 0.4) is 0 Å². The van der Waals surface area contributed by atoms with Crippen molar-refractivity contribution in [2.24, 2.45) is 5.73 Å². The van der Waals surface area contributed by atoms with Gasteiger partial charge in [0.25, 0.3) is 0 Å². The van der Waals surface area contributed by atoms with Gasteiger partial charge in [-0.25, -0.2) is 4.39 Å². The minimum atomic E-state index is -0.239. The van der Waals surface area contributed by atoms with Crippen LogP contribution in [0.5, 0.6) is 5.75 Å². The molecule has 0 fully saturated rings. The lowest BCUT2D eigenvalue weighted by Crippen LogP contribution is -2.21. The molecule has 0 saturated heterocycles. The van der Waals surface area contributed by atoms with Crippen LogP contribution in [-0.4, -0.2) is 6.61 Å². The van der Waals surface area contributed by atoms with Gasteiger partial charge in [-0.05, 0) is 24.6 Å². The van der Waals surface area contributed by atoms with Crippen LogP contribution in [-0.2, 0) is 0 Å². The molecule has 1 aromatic rings. The Morgan fingerprint density at radius 3 is 3.08 bits per heavy atom. The summed E-state index contributed by atoms with van der Waals surface area (Å²) in [6, 6.07) is 2.85. The van der Waals surface area contributed by atoms with Gasteiger partial charge in [-0.2, -0.15) is 0 Å². The summed E-state index contributed by atoms with van der Waals surface area (Å²) in [7, 11) is 0. The quantitative estimate of drug-likeness (QED) is 0.663. The van der Waals surface area contributed by atoms with E-state index in [0.29, 0.717) is 6.61 Å². The molecule has 2 nitrogen and oxygen atoms in total. The highest BCUT2D eigenvalue weighted by atomic mass is 19.1. The normalized spacial score (nSPS) is 20.7. The molecule has 0 aromatic heterocycles. The van der Waals surface area contributed by atoms with Crippen LogP contribution in [0.2, 0.25) is 0 Å². The number of hydrogen-bond donors (Lipinski definition) is 1. The minimum Gasteiger partial charge on any atom is -0.493 e. The van der Waals surface area contributed by atoms with Crippen LogP contribution >= 0.6 is 0 Å². The maximum absolute atomic E-state index is 13.0. The zero-order valence-electron chi connectivity index (χ0n) is 7.51. The van der Waals surface area contributed by atoms with Crippen molar-refractivity contribution >= 4 is 0 Å². The van der Waals surface area contributed by atoms with Gasteiger partial charge in [-0.15, -0.1) is 0 Å². The minimum absolute atomic E-state index is 0.0850. The summed E-state index contributed by atoms with van der Waals surface area (Å²) in [6.07, 6.45) is 0.760. The van der Waals surface area contributed by atoms with Gasteiger partial charge in [0, 0.05) is 18.0 Å². The number of rotatable bonds is 0. The molecule has 1 aliphatic heterocycles. The second-order valence-electron chi connectivity index (χ2n) is 3.38. The average molecular weight is 181 g/mol. The number of aryl methyl sites for hydroxylation is 1. The molecule has 0 spiro atoms. The Labute approximate surface area is 76.5 Å². The third-order valence-corrected chi connectivity index (χ3v) is 2.34. The van der Waals surface area contributed by atoms with Crippen LogP contribution in [0.4, 0.5) is 4.39 Å². The highest BCUT2D eigenvalue weighted by Crippen LogP contribution is 2.33. The molecular weight excluding hydrogens is 169 g/mol. The second kappa shape index (κ2) is 3.00. The highest BCUT2D eigenvalue weighted by molar-refractivity contribution is 5.44. The summed E-state index contributed by atoms with van der Waals surface area (Å²) >= 11 is 0. The van der Waals surface area contributed by atoms with Gasteiger partial charge in [0.15, 0.2) is 0 Å². The van der Waals surface area contributed by atoms with E-state index in [1.54, 1.807) is 0 Å². The Kier molecular flexibility index (Phi) is 1.96. The number of ether oxygens (including phenoxy) is 1. The fourth-order valence-electron chi connectivity index (χ4n) is 1.67. The van der Waals surface area contributed by atoms with Gasteiger partial charge < -0.3 is 10.5 Å². The predicted octanol–water partition coefficient (Wildman–Crippen LogP) is 1.92. The summed E-state index contributed by atoms with van der Waals surface area (Å²) in [5, 5.41) is 0. The first-order valence-electron chi connectivity index (χ1n) is 4.37. The van der Waals surface area contributed by atoms with E-state index in [-0.39, 0.29) is 11.9 Å². The summed E-state index contributed by atoms with van der Waals surface area (Å²) < 4.78 is 18.5. The standard InChI is InChI=1S/C10H12FNO/c1-6-4-7(11)5-8-9(12)2-3-13-10(6)8/h4-5,9H,2-3,12H2,1H3. The van der Waals surface area contributed by atoms with Crippen molar-refractivity contribution < 1.29 is 9.13 Å². The van der Waals surface area contributed by atoms with E-state index in [0.717, 1.165) is 23.3 Å². The Bertz CT molecular complexity index is 338. The molecule has 3 heteroatoms. The van der Waals surface area contributed by atoms with E-state index in [4.69, 9.17) is 10.5 Å². The average Bonchev–Trinajstić information content (AvgIpc) is 2.07. The van der Waals surface area contributed by atoms with Crippen molar-refractivity contribution in [3.8, 4) is 5.75 Å². The molecule has 0 aliphatic carbocycles. The third-order valence-electron chi connectivity index (χ3n) is 2.34. The first-order valence-corrected chi connectivity index (χ1v) is 4.37. The van der Waals surface area contributed by atoms with Gasteiger partial charge >= 0.3 is 0 Å². The Hall–Kier alpha value is -1.09. The molecule has 70 valence electrons. The van der Waals surface area contributed by atoms with Crippen LogP contribution in [0.15, 0.2) is 12.1 Å². The highest BCUT2D eigenvalue weighted by Gasteiger charge is 2.20. The van der Waals surface area contributed by atoms with E-state index in [1.165, 1.54) is 12.1 Å². The lowest BCUT2D eigenvalue weighted by atomic mass is 9.99. The largest absolute Gasteiger partial charge is 0.493 e. The Morgan fingerprint density at radius 1 is 1.54 bits per heavy atom.